The summed E-state index contributed by atoms with van der Waals surface area (Å²) in [5.74, 6) is -0.488. The van der Waals surface area contributed by atoms with Gasteiger partial charge in [-0.15, -0.1) is 11.3 Å². The molecule has 0 N–H and O–H groups in total. The van der Waals surface area contributed by atoms with Gasteiger partial charge in [-0.1, -0.05) is 18.2 Å². The fraction of sp³-hybridized carbons (Fsp3) is 0.143. The monoisotopic (exact) mass is 257 g/mol. The molecule has 0 spiro atoms. The van der Waals surface area contributed by atoms with E-state index in [9.17, 15) is 10.1 Å². The van der Waals surface area contributed by atoms with Gasteiger partial charge in [0.1, 0.15) is 11.7 Å². The maximum atomic E-state index is 12.4. The highest BCUT2D eigenvalue weighted by atomic mass is 32.1. The van der Waals surface area contributed by atoms with Crippen molar-refractivity contribution < 1.29 is 9.53 Å². The van der Waals surface area contributed by atoms with Crippen molar-refractivity contribution >= 4 is 17.1 Å². The number of hydrogen-bond donors (Lipinski definition) is 0. The number of carbonyl (C=O) groups is 1. The van der Waals surface area contributed by atoms with Crippen molar-refractivity contribution in [2.45, 2.75) is 5.92 Å². The molecule has 4 heteroatoms. The lowest BCUT2D eigenvalue weighted by Crippen LogP contribution is -2.11. The van der Waals surface area contributed by atoms with E-state index in [1.165, 1.54) is 18.4 Å². The number of nitriles is 1. The molecule has 0 bridgehead atoms. The lowest BCUT2D eigenvalue weighted by atomic mass is 9.97. The number of ether oxygens (including phenoxy) is 1. The van der Waals surface area contributed by atoms with Gasteiger partial charge in [-0.3, -0.25) is 4.79 Å². The number of ketones is 1. The molecule has 0 aliphatic rings. The van der Waals surface area contributed by atoms with Crippen LogP contribution in [0.3, 0.4) is 0 Å². The standard InChI is InChI=1S/C14H11NO2S/c1-17-12-6-3-2-5-10(12)14(16)11(9-15)13-7-4-8-18-13/h2-8,11H,1H3. The summed E-state index contributed by atoms with van der Waals surface area (Å²) in [6.07, 6.45) is 0. The number of hydrogen-bond acceptors (Lipinski definition) is 4. The molecule has 0 saturated carbocycles. The second-order valence-corrected chi connectivity index (χ2v) is 4.62. The molecular formula is C14H11NO2S. The van der Waals surface area contributed by atoms with Crippen LogP contribution in [0, 0.1) is 11.3 Å². The maximum Gasteiger partial charge on any atom is 0.189 e. The summed E-state index contributed by atoms with van der Waals surface area (Å²) in [6, 6.07) is 12.6. The summed E-state index contributed by atoms with van der Waals surface area (Å²) >= 11 is 1.41. The van der Waals surface area contributed by atoms with E-state index in [0.29, 0.717) is 11.3 Å². The van der Waals surface area contributed by atoms with Crippen LogP contribution in [-0.4, -0.2) is 12.9 Å². The molecule has 1 aromatic heterocycles. The van der Waals surface area contributed by atoms with E-state index in [1.54, 1.807) is 30.3 Å². The third-order valence-electron chi connectivity index (χ3n) is 2.59. The Morgan fingerprint density at radius 2 is 2.11 bits per heavy atom. The molecule has 3 nitrogen and oxygen atoms in total. The zero-order chi connectivity index (χ0) is 13.0. The van der Waals surface area contributed by atoms with Crippen LogP contribution in [0.15, 0.2) is 41.8 Å². The Morgan fingerprint density at radius 1 is 1.33 bits per heavy atom. The van der Waals surface area contributed by atoms with Crippen LogP contribution in [0.4, 0.5) is 0 Å². The van der Waals surface area contributed by atoms with Crippen LogP contribution in [0.5, 0.6) is 5.75 Å². The predicted octanol–water partition coefficient (Wildman–Crippen LogP) is 3.25. The highest BCUT2D eigenvalue weighted by Crippen LogP contribution is 2.28. The molecule has 0 radical (unpaired) electrons. The number of carbonyl (C=O) groups excluding carboxylic acids is 1. The third-order valence-corrected chi connectivity index (χ3v) is 3.53. The molecule has 1 heterocycles. The van der Waals surface area contributed by atoms with Gasteiger partial charge in [0.25, 0.3) is 0 Å². The molecule has 1 atom stereocenters. The fourth-order valence-corrected chi connectivity index (χ4v) is 2.48. The minimum absolute atomic E-state index is 0.225. The van der Waals surface area contributed by atoms with Gasteiger partial charge in [0, 0.05) is 4.88 Å². The first-order valence-electron chi connectivity index (χ1n) is 5.38. The Balaban J connectivity index is 2.39. The van der Waals surface area contributed by atoms with Gasteiger partial charge >= 0.3 is 0 Å². The molecule has 0 saturated heterocycles. The molecule has 0 amide bonds. The second-order valence-electron chi connectivity index (χ2n) is 3.64. The zero-order valence-corrected chi connectivity index (χ0v) is 10.6. The van der Waals surface area contributed by atoms with E-state index >= 15 is 0 Å². The van der Waals surface area contributed by atoms with Crippen molar-refractivity contribution in [3.05, 3.63) is 52.2 Å². The first-order valence-corrected chi connectivity index (χ1v) is 6.26. The Morgan fingerprint density at radius 3 is 2.72 bits per heavy atom. The Labute approximate surface area is 109 Å². The largest absolute Gasteiger partial charge is 0.496 e. The fourth-order valence-electron chi connectivity index (χ4n) is 1.71. The molecule has 0 fully saturated rings. The van der Waals surface area contributed by atoms with Crippen LogP contribution in [0.2, 0.25) is 0 Å². The number of thiophene rings is 1. The first kappa shape index (κ1) is 12.3. The lowest BCUT2D eigenvalue weighted by Gasteiger charge is -2.09. The van der Waals surface area contributed by atoms with Gasteiger partial charge < -0.3 is 4.74 Å². The van der Waals surface area contributed by atoms with Crippen molar-refractivity contribution in [2.24, 2.45) is 0 Å². The summed E-state index contributed by atoms with van der Waals surface area (Å²) in [4.78, 5) is 13.1. The first-order chi connectivity index (χ1) is 8.77. The Hall–Kier alpha value is -2.12. The summed E-state index contributed by atoms with van der Waals surface area (Å²) in [6.45, 7) is 0. The Kier molecular flexibility index (Phi) is 3.75. The predicted molar refractivity (Wildman–Crippen MR) is 70.0 cm³/mol. The van der Waals surface area contributed by atoms with E-state index in [1.807, 2.05) is 11.4 Å². The van der Waals surface area contributed by atoms with Gasteiger partial charge in [0.05, 0.1) is 18.7 Å². The van der Waals surface area contributed by atoms with Gasteiger partial charge in [-0.05, 0) is 23.6 Å². The molecule has 0 aliphatic carbocycles. The molecule has 1 unspecified atom stereocenters. The third kappa shape index (κ3) is 2.27. The summed E-state index contributed by atoms with van der Waals surface area (Å²) in [5.41, 5.74) is 0.444. The van der Waals surface area contributed by atoms with Crippen molar-refractivity contribution in [1.29, 1.82) is 5.26 Å². The minimum atomic E-state index is -0.763. The SMILES string of the molecule is COc1ccccc1C(=O)C(C#N)c1cccs1. The molecule has 2 rings (SSSR count). The van der Waals surface area contributed by atoms with E-state index in [0.717, 1.165) is 4.88 Å². The number of para-hydroxylation sites is 1. The van der Waals surface area contributed by atoms with Crippen LogP contribution in [0.1, 0.15) is 21.2 Å². The van der Waals surface area contributed by atoms with Crippen molar-refractivity contribution in [3.63, 3.8) is 0 Å². The van der Waals surface area contributed by atoms with E-state index in [4.69, 9.17) is 4.74 Å². The molecule has 0 aliphatic heterocycles. The summed E-state index contributed by atoms with van der Waals surface area (Å²) in [7, 11) is 1.51. The smallest absolute Gasteiger partial charge is 0.189 e. The summed E-state index contributed by atoms with van der Waals surface area (Å²) in [5, 5.41) is 11.0. The normalized spacial score (nSPS) is 11.6. The summed E-state index contributed by atoms with van der Waals surface area (Å²) < 4.78 is 5.15. The highest BCUT2D eigenvalue weighted by molar-refractivity contribution is 7.10. The quantitative estimate of drug-likeness (QED) is 0.790. The maximum absolute atomic E-state index is 12.4. The van der Waals surface area contributed by atoms with Crippen LogP contribution in [0.25, 0.3) is 0 Å². The van der Waals surface area contributed by atoms with Gasteiger partial charge in [0.15, 0.2) is 5.78 Å². The molecule has 1 aromatic carbocycles. The highest BCUT2D eigenvalue weighted by Gasteiger charge is 2.24. The topological polar surface area (TPSA) is 50.1 Å². The van der Waals surface area contributed by atoms with E-state index < -0.39 is 5.92 Å². The molecule has 18 heavy (non-hydrogen) atoms. The zero-order valence-electron chi connectivity index (χ0n) is 9.79. The van der Waals surface area contributed by atoms with Crippen LogP contribution in [-0.2, 0) is 0 Å². The van der Waals surface area contributed by atoms with E-state index in [-0.39, 0.29) is 5.78 Å². The average molecular weight is 257 g/mol. The molecular weight excluding hydrogens is 246 g/mol. The number of methoxy groups -OCH3 is 1. The number of rotatable bonds is 4. The average Bonchev–Trinajstić information content (AvgIpc) is 2.93. The number of Topliss-reactive ketones (excluding diaryl/α,β-unsaturated/α-hetero) is 1. The minimum Gasteiger partial charge on any atom is -0.496 e. The van der Waals surface area contributed by atoms with Crippen molar-refractivity contribution in [2.75, 3.05) is 7.11 Å². The van der Waals surface area contributed by atoms with Crippen LogP contribution < -0.4 is 4.74 Å². The van der Waals surface area contributed by atoms with Gasteiger partial charge in [0.2, 0.25) is 0 Å². The number of benzene rings is 1. The van der Waals surface area contributed by atoms with Gasteiger partial charge in [-0.25, -0.2) is 0 Å². The second kappa shape index (κ2) is 5.48. The van der Waals surface area contributed by atoms with E-state index in [2.05, 4.69) is 6.07 Å². The Bertz CT molecular complexity index is 584. The lowest BCUT2D eigenvalue weighted by molar-refractivity contribution is 0.0977. The molecule has 90 valence electrons. The van der Waals surface area contributed by atoms with Crippen molar-refractivity contribution in [3.8, 4) is 11.8 Å². The number of nitrogens with zero attached hydrogens (tertiary/aromatic N) is 1. The van der Waals surface area contributed by atoms with Gasteiger partial charge in [-0.2, -0.15) is 5.26 Å². The molecule has 2 aromatic rings. The van der Waals surface area contributed by atoms with Crippen molar-refractivity contribution in [1.82, 2.24) is 0 Å². The van der Waals surface area contributed by atoms with Crippen LogP contribution >= 0.6 is 11.3 Å².